The Labute approximate surface area is 145 Å². The van der Waals surface area contributed by atoms with Crippen molar-refractivity contribution in [3.8, 4) is 0 Å². The Kier molecular flexibility index (Phi) is 4.48. The van der Waals surface area contributed by atoms with E-state index in [9.17, 15) is 9.59 Å². The zero-order valence-corrected chi connectivity index (χ0v) is 14.5. The van der Waals surface area contributed by atoms with Crippen molar-refractivity contribution in [3.63, 3.8) is 0 Å². The summed E-state index contributed by atoms with van der Waals surface area (Å²) in [6, 6.07) is 0. The van der Waals surface area contributed by atoms with Crippen molar-refractivity contribution >= 4 is 23.5 Å². The zero-order chi connectivity index (χ0) is 17.4. The fourth-order valence-corrected chi connectivity index (χ4v) is 3.25. The molecule has 24 heavy (non-hydrogen) atoms. The van der Waals surface area contributed by atoms with E-state index in [2.05, 4.69) is 15.3 Å². The number of amides is 1. The standard InChI is InChI=1S/C16H20ClN3O4/c1-3-5-6-24-14(22)16(4-2)12-11(18-7-10(17)19-12)15(8-23-9-15)20-13(16)21/h7H,3-6,8-9H2,1-2H3,(H,20,21). The van der Waals surface area contributed by atoms with Crippen molar-refractivity contribution in [2.24, 2.45) is 0 Å². The first-order chi connectivity index (χ1) is 11.5. The quantitative estimate of drug-likeness (QED) is 0.490. The number of rotatable bonds is 5. The third kappa shape index (κ3) is 2.38. The van der Waals surface area contributed by atoms with E-state index in [4.69, 9.17) is 21.1 Å². The van der Waals surface area contributed by atoms with Crippen LogP contribution in [-0.2, 0) is 30.0 Å². The molecule has 0 aromatic carbocycles. The van der Waals surface area contributed by atoms with E-state index in [1.807, 2.05) is 6.92 Å². The molecule has 7 nitrogen and oxygen atoms in total. The number of carbonyl (C=O) groups excluding carboxylic acids is 2. The Hall–Kier alpha value is -1.73. The van der Waals surface area contributed by atoms with Crippen molar-refractivity contribution in [1.29, 1.82) is 0 Å². The first-order valence-corrected chi connectivity index (χ1v) is 8.49. The average Bonchev–Trinajstić information content (AvgIpc) is 2.53. The minimum absolute atomic E-state index is 0.137. The van der Waals surface area contributed by atoms with Crippen molar-refractivity contribution in [2.45, 2.75) is 44.1 Å². The summed E-state index contributed by atoms with van der Waals surface area (Å²) in [5.41, 5.74) is -1.44. The van der Waals surface area contributed by atoms with E-state index in [1.54, 1.807) is 6.92 Å². The topological polar surface area (TPSA) is 90.4 Å². The van der Waals surface area contributed by atoms with Crippen LogP contribution in [0.4, 0.5) is 0 Å². The summed E-state index contributed by atoms with van der Waals surface area (Å²) >= 11 is 6.01. The molecule has 2 aliphatic rings. The van der Waals surface area contributed by atoms with E-state index in [-0.39, 0.29) is 23.9 Å². The van der Waals surface area contributed by atoms with Gasteiger partial charge in [0, 0.05) is 0 Å². The van der Waals surface area contributed by atoms with Crippen LogP contribution in [0.5, 0.6) is 0 Å². The lowest BCUT2D eigenvalue weighted by molar-refractivity contribution is -0.162. The average molecular weight is 354 g/mol. The van der Waals surface area contributed by atoms with Crippen molar-refractivity contribution in [2.75, 3.05) is 19.8 Å². The Bertz CT molecular complexity index is 677. The number of ether oxygens (including phenoxy) is 2. The molecule has 1 aromatic heterocycles. The van der Waals surface area contributed by atoms with Crippen LogP contribution < -0.4 is 5.32 Å². The molecule has 1 spiro atoms. The monoisotopic (exact) mass is 353 g/mol. The molecule has 0 saturated carbocycles. The van der Waals surface area contributed by atoms with Gasteiger partial charge < -0.3 is 14.8 Å². The van der Waals surface area contributed by atoms with Gasteiger partial charge in [0.1, 0.15) is 10.7 Å². The molecule has 3 heterocycles. The van der Waals surface area contributed by atoms with Crippen molar-refractivity contribution in [3.05, 3.63) is 22.7 Å². The number of hydrogen-bond acceptors (Lipinski definition) is 6. The normalized spacial score (nSPS) is 24.0. The highest BCUT2D eigenvalue weighted by atomic mass is 35.5. The molecule has 0 radical (unpaired) electrons. The molecule has 1 amide bonds. The second-order valence-corrected chi connectivity index (χ2v) is 6.55. The maximum atomic E-state index is 12.9. The van der Waals surface area contributed by atoms with E-state index in [1.165, 1.54) is 6.20 Å². The number of nitrogens with zero attached hydrogens (tertiary/aromatic N) is 2. The zero-order valence-electron chi connectivity index (χ0n) is 13.7. The van der Waals surface area contributed by atoms with Gasteiger partial charge in [-0.3, -0.25) is 14.6 Å². The molecule has 130 valence electrons. The van der Waals surface area contributed by atoms with Gasteiger partial charge in [-0.25, -0.2) is 4.98 Å². The minimum Gasteiger partial charge on any atom is -0.465 e. The number of nitrogens with one attached hydrogen (secondary N) is 1. The summed E-state index contributed by atoms with van der Waals surface area (Å²) in [4.78, 5) is 34.4. The van der Waals surface area contributed by atoms with Crippen molar-refractivity contribution in [1.82, 2.24) is 15.3 Å². The van der Waals surface area contributed by atoms with Crippen LogP contribution in [0.15, 0.2) is 6.20 Å². The molecule has 1 unspecified atom stereocenters. The van der Waals surface area contributed by atoms with Crippen LogP contribution in [0, 0.1) is 0 Å². The van der Waals surface area contributed by atoms with Crippen LogP contribution in [0.25, 0.3) is 0 Å². The van der Waals surface area contributed by atoms with E-state index >= 15 is 0 Å². The SMILES string of the molecule is CCCCOC(=O)C1(CC)C(=O)NC2(COC2)c2ncc(Cl)nc21. The highest BCUT2D eigenvalue weighted by Crippen LogP contribution is 2.43. The fourth-order valence-electron chi connectivity index (χ4n) is 3.12. The summed E-state index contributed by atoms with van der Waals surface area (Å²) < 4.78 is 10.6. The molecular formula is C16H20ClN3O4. The van der Waals surface area contributed by atoms with E-state index < -0.39 is 22.8 Å². The Morgan fingerprint density at radius 3 is 2.75 bits per heavy atom. The van der Waals surface area contributed by atoms with Gasteiger partial charge in [0.05, 0.1) is 37.4 Å². The summed E-state index contributed by atoms with van der Waals surface area (Å²) in [6.45, 7) is 4.61. The fraction of sp³-hybridized carbons (Fsp3) is 0.625. The van der Waals surface area contributed by atoms with Crippen LogP contribution >= 0.6 is 11.6 Å². The van der Waals surface area contributed by atoms with Crippen LogP contribution in [0.2, 0.25) is 5.15 Å². The maximum Gasteiger partial charge on any atom is 0.327 e. The van der Waals surface area contributed by atoms with Gasteiger partial charge in [-0.05, 0) is 12.8 Å². The minimum atomic E-state index is -1.53. The first kappa shape index (κ1) is 17.1. The lowest BCUT2D eigenvalue weighted by atomic mass is 9.71. The molecule has 3 rings (SSSR count). The largest absolute Gasteiger partial charge is 0.465 e. The second-order valence-electron chi connectivity index (χ2n) is 6.17. The number of esters is 1. The van der Waals surface area contributed by atoms with E-state index in [0.29, 0.717) is 18.9 Å². The van der Waals surface area contributed by atoms with Gasteiger partial charge in [0.15, 0.2) is 5.41 Å². The summed E-state index contributed by atoms with van der Waals surface area (Å²) in [5.74, 6) is -1.04. The number of aromatic nitrogens is 2. The predicted molar refractivity (Wildman–Crippen MR) is 85.5 cm³/mol. The van der Waals surface area contributed by atoms with Crippen molar-refractivity contribution < 1.29 is 19.1 Å². The molecule has 1 atom stereocenters. The molecule has 0 bridgehead atoms. The first-order valence-electron chi connectivity index (χ1n) is 8.11. The third-order valence-electron chi connectivity index (χ3n) is 4.65. The predicted octanol–water partition coefficient (Wildman–Crippen LogP) is 1.48. The Morgan fingerprint density at radius 1 is 1.42 bits per heavy atom. The second kappa shape index (κ2) is 6.29. The smallest absolute Gasteiger partial charge is 0.327 e. The summed E-state index contributed by atoms with van der Waals surface area (Å²) in [7, 11) is 0. The summed E-state index contributed by atoms with van der Waals surface area (Å²) in [5, 5.41) is 3.04. The molecule has 1 N–H and O–H groups in total. The lowest BCUT2D eigenvalue weighted by Gasteiger charge is -2.48. The number of carbonyl (C=O) groups is 2. The number of unbranched alkanes of at least 4 members (excludes halogenated alkanes) is 1. The molecule has 1 fully saturated rings. The molecule has 8 heteroatoms. The Balaban J connectivity index is 2.08. The van der Waals surface area contributed by atoms with Gasteiger partial charge in [-0.2, -0.15) is 0 Å². The number of halogens is 1. The molecule has 1 saturated heterocycles. The van der Waals surface area contributed by atoms with Gasteiger partial charge in [0.2, 0.25) is 5.91 Å². The molecule has 1 aromatic rings. The molecule has 0 aliphatic carbocycles. The van der Waals surface area contributed by atoms with E-state index in [0.717, 1.165) is 12.8 Å². The Morgan fingerprint density at radius 2 is 2.17 bits per heavy atom. The van der Waals surface area contributed by atoms with Gasteiger partial charge in [-0.15, -0.1) is 0 Å². The number of fused-ring (bicyclic) bond motifs is 2. The highest BCUT2D eigenvalue weighted by Gasteiger charge is 2.61. The van der Waals surface area contributed by atoms with Gasteiger partial charge in [-0.1, -0.05) is 31.9 Å². The lowest BCUT2D eigenvalue weighted by Crippen LogP contribution is -2.69. The van der Waals surface area contributed by atoms with Gasteiger partial charge >= 0.3 is 5.97 Å². The van der Waals surface area contributed by atoms with Crippen LogP contribution in [0.3, 0.4) is 0 Å². The maximum absolute atomic E-state index is 12.9. The van der Waals surface area contributed by atoms with Crippen LogP contribution in [-0.4, -0.2) is 41.7 Å². The molecular weight excluding hydrogens is 334 g/mol. The number of hydrogen-bond donors (Lipinski definition) is 1. The summed E-state index contributed by atoms with van der Waals surface area (Å²) in [6.07, 6.45) is 3.25. The highest BCUT2D eigenvalue weighted by molar-refractivity contribution is 6.29. The third-order valence-corrected chi connectivity index (χ3v) is 4.83. The van der Waals surface area contributed by atoms with Crippen LogP contribution in [0.1, 0.15) is 44.5 Å². The molecule has 2 aliphatic heterocycles. The van der Waals surface area contributed by atoms with Gasteiger partial charge in [0.25, 0.3) is 0 Å².